The summed E-state index contributed by atoms with van der Waals surface area (Å²) in [6.45, 7) is 2.11. The molecule has 0 aliphatic carbocycles. The monoisotopic (exact) mass is 277 g/mol. The molecule has 0 saturated carbocycles. The minimum absolute atomic E-state index is 0.326. The van der Waals surface area contributed by atoms with Crippen molar-refractivity contribution in [2.75, 3.05) is 0 Å². The number of esters is 1. The molecule has 104 valence electrons. The quantitative estimate of drug-likeness (QED) is 0.635. The largest absolute Gasteiger partial charge is 0.422 e. The van der Waals surface area contributed by atoms with Gasteiger partial charge in [0.2, 0.25) is 0 Å². The highest BCUT2D eigenvalue weighted by molar-refractivity contribution is 6.05. The van der Waals surface area contributed by atoms with Crippen molar-refractivity contribution in [2.24, 2.45) is 0 Å². The van der Waals surface area contributed by atoms with Crippen molar-refractivity contribution in [3.8, 4) is 0 Å². The fourth-order valence-corrected chi connectivity index (χ4v) is 2.18. The lowest BCUT2D eigenvalue weighted by molar-refractivity contribution is -0.130. The summed E-state index contributed by atoms with van der Waals surface area (Å²) in [4.78, 5) is 16.0. The lowest BCUT2D eigenvalue weighted by Crippen LogP contribution is -1.97. The van der Waals surface area contributed by atoms with Crippen molar-refractivity contribution in [1.82, 2.24) is 4.98 Å². The molecule has 1 aromatic heterocycles. The van der Waals surface area contributed by atoms with Crippen LogP contribution in [0.15, 0.2) is 60.4 Å². The number of carbonyl (C=O) groups is 1. The summed E-state index contributed by atoms with van der Waals surface area (Å²) < 4.78 is 5.34. The Labute approximate surface area is 123 Å². The number of aryl methyl sites for hydroxylation is 1. The van der Waals surface area contributed by atoms with Gasteiger partial charge in [-0.1, -0.05) is 37.3 Å². The van der Waals surface area contributed by atoms with Gasteiger partial charge in [0.1, 0.15) is 5.76 Å². The molecule has 2 aromatic rings. The SMILES string of the molecule is CCc1ccc(C2=C/C(=C/c3cccnc3)C(=O)O2)cc1. The highest BCUT2D eigenvalue weighted by atomic mass is 16.5. The molecular formula is C18H15NO2. The summed E-state index contributed by atoms with van der Waals surface area (Å²) in [5, 5.41) is 0. The first-order valence-electron chi connectivity index (χ1n) is 6.91. The van der Waals surface area contributed by atoms with Gasteiger partial charge in [0.05, 0.1) is 5.57 Å². The average molecular weight is 277 g/mol. The van der Waals surface area contributed by atoms with Crippen molar-refractivity contribution >= 4 is 17.8 Å². The normalized spacial score (nSPS) is 16.0. The van der Waals surface area contributed by atoms with Gasteiger partial charge in [-0.2, -0.15) is 0 Å². The van der Waals surface area contributed by atoms with Crippen LogP contribution in [0.2, 0.25) is 0 Å². The van der Waals surface area contributed by atoms with Crippen LogP contribution in [0.5, 0.6) is 0 Å². The number of benzene rings is 1. The van der Waals surface area contributed by atoms with Gasteiger partial charge in [0, 0.05) is 18.0 Å². The highest BCUT2D eigenvalue weighted by Crippen LogP contribution is 2.27. The number of hydrogen-bond acceptors (Lipinski definition) is 3. The van der Waals surface area contributed by atoms with Crippen molar-refractivity contribution in [3.05, 3.63) is 77.1 Å². The van der Waals surface area contributed by atoms with E-state index in [0.29, 0.717) is 11.3 Å². The Balaban J connectivity index is 1.89. The molecule has 0 atom stereocenters. The second-order valence-electron chi connectivity index (χ2n) is 4.83. The molecule has 0 radical (unpaired) electrons. The van der Waals surface area contributed by atoms with Crippen LogP contribution in [0.25, 0.3) is 11.8 Å². The molecule has 0 N–H and O–H groups in total. The maximum atomic E-state index is 11.9. The second-order valence-corrected chi connectivity index (χ2v) is 4.83. The average Bonchev–Trinajstić information content (AvgIpc) is 2.89. The third kappa shape index (κ3) is 2.92. The molecule has 0 spiro atoms. The van der Waals surface area contributed by atoms with Crippen LogP contribution in [0, 0.1) is 0 Å². The standard InChI is InChI=1S/C18H15NO2/c1-2-13-5-7-15(8-6-13)17-11-16(18(20)21-17)10-14-4-3-9-19-12-14/h3-12H,2H2,1H3/b16-10-. The molecule has 21 heavy (non-hydrogen) atoms. The Bertz CT molecular complexity index is 713. The molecule has 1 aliphatic heterocycles. The van der Waals surface area contributed by atoms with E-state index < -0.39 is 0 Å². The minimum Gasteiger partial charge on any atom is -0.422 e. The van der Waals surface area contributed by atoms with Gasteiger partial charge in [-0.15, -0.1) is 0 Å². The van der Waals surface area contributed by atoms with Gasteiger partial charge >= 0.3 is 5.97 Å². The molecule has 0 amide bonds. The number of carbonyl (C=O) groups excluding carboxylic acids is 1. The molecular weight excluding hydrogens is 262 g/mol. The maximum absolute atomic E-state index is 11.9. The number of hydrogen-bond donors (Lipinski definition) is 0. The predicted octanol–water partition coefficient (Wildman–Crippen LogP) is 3.63. The number of pyridine rings is 1. The van der Waals surface area contributed by atoms with Crippen LogP contribution in [-0.4, -0.2) is 11.0 Å². The van der Waals surface area contributed by atoms with Gasteiger partial charge in [-0.05, 0) is 35.8 Å². The Hall–Kier alpha value is -2.68. The van der Waals surface area contributed by atoms with Gasteiger partial charge in [-0.25, -0.2) is 4.79 Å². The third-order valence-corrected chi connectivity index (χ3v) is 3.38. The van der Waals surface area contributed by atoms with Crippen molar-refractivity contribution in [3.63, 3.8) is 0 Å². The van der Waals surface area contributed by atoms with Gasteiger partial charge in [0.25, 0.3) is 0 Å². The van der Waals surface area contributed by atoms with Gasteiger partial charge in [0.15, 0.2) is 0 Å². The highest BCUT2D eigenvalue weighted by Gasteiger charge is 2.21. The number of aromatic nitrogens is 1. The molecule has 3 heteroatoms. The molecule has 1 aromatic carbocycles. The van der Waals surface area contributed by atoms with Crippen LogP contribution in [0.1, 0.15) is 23.6 Å². The van der Waals surface area contributed by atoms with Crippen LogP contribution < -0.4 is 0 Å². The van der Waals surface area contributed by atoms with Crippen molar-refractivity contribution < 1.29 is 9.53 Å². The first kappa shape index (κ1) is 13.3. The third-order valence-electron chi connectivity index (χ3n) is 3.38. The van der Waals surface area contributed by atoms with Crippen LogP contribution in [0.3, 0.4) is 0 Å². The van der Waals surface area contributed by atoms with Crippen LogP contribution in [-0.2, 0) is 16.0 Å². The Morgan fingerprint density at radius 1 is 1.19 bits per heavy atom. The molecule has 0 bridgehead atoms. The van der Waals surface area contributed by atoms with Crippen LogP contribution in [0.4, 0.5) is 0 Å². The number of rotatable bonds is 3. The molecule has 3 rings (SSSR count). The molecule has 0 saturated heterocycles. The van der Waals surface area contributed by atoms with Gasteiger partial charge < -0.3 is 4.74 Å². The smallest absolute Gasteiger partial charge is 0.343 e. The molecule has 0 unspecified atom stereocenters. The van der Waals surface area contributed by atoms with E-state index in [9.17, 15) is 4.79 Å². The summed E-state index contributed by atoms with van der Waals surface area (Å²) in [5.41, 5.74) is 3.59. The fraction of sp³-hybridized carbons (Fsp3) is 0.111. The summed E-state index contributed by atoms with van der Waals surface area (Å²) in [7, 11) is 0. The summed E-state index contributed by atoms with van der Waals surface area (Å²) >= 11 is 0. The van der Waals surface area contributed by atoms with Crippen molar-refractivity contribution in [2.45, 2.75) is 13.3 Å². The zero-order chi connectivity index (χ0) is 14.7. The van der Waals surface area contributed by atoms with E-state index >= 15 is 0 Å². The first-order valence-corrected chi connectivity index (χ1v) is 6.91. The van der Waals surface area contributed by atoms with E-state index in [2.05, 4.69) is 11.9 Å². The van der Waals surface area contributed by atoms with E-state index in [4.69, 9.17) is 4.74 Å². The molecule has 1 aliphatic rings. The van der Waals surface area contributed by atoms with E-state index in [1.807, 2.05) is 36.4 Å². The Morgan fingerprint density at radius 3 is 2.67 bits per heavy atom. The number of ether oxygens (including phenoxy) is 1. The first-order chi connectivity index (χ1) is 10.3. The second kappa shape index (κ2) is 5.75. The Morgan fingerprint density at radius 2 is 2.00 bits per heavy atom. The van der Waals surface area contributed by atoms with Gasteiger partial charge in [-0.3, -0.25) is 4.98 Å². The molecule has 0 fully saturated rings. The van der Waals surface area contributed by atoms with Crippen LogP contribution >= 0.6 is 0 Å². The summed E-state index contributed by atoms with van der Waals surface area (Å²) in [5.74, 6) is 0.270. The van der Waals surface area contributed by atoms with E-state index in [1.165, 1.54) is 5.56 Å². The Kier molecular flexibility index (Phi) is 3.65. The molecule has 3 nitrogen and oxygen atoms in total. The maximum Gasteiger partial charge on any atom is 0.343 e. The molecule has 2 heterocycles. The minimum atomic E-state index is -0.326. The topological polar surface area (TPSA) is 39.2 Å². The predicted molar refractivity (Wildman–Crippen MR) is 82.1 cm³/mol. The number of cyclic esters (lactones) is 1. The van der Waals surface area contributed by atoms with E-state index in [0.717, 1.165) is 17.5 Å². The van der Waals surface area contributed by atoms with E-state index in [-0.39, 0.29) is 5.97 Å². The van der Waals surface area contributed by atoms with E-state index in [1.54, 1.807) is 24.5 Å². The summed E-state index contributed by atoms with van der Waals surface area (Å²) in [6.07, 6.45) is 7.96. The fourth-order valence-electron chi connectivity index (χ4n) is 2.18. The zero-order valence-corrected chi connectivity index (χ0v) is 11.7. The summed E-state index contributed by atoms with van der Waals surface area (Å²) in [6, 6.07) is 11.8. The lowest BCUT2D eigenvalue weighted by Gasteiger charge is -2.02. The zero-order valence-electron chi connectivity index (χ0n) is 11.7. The van der Waals surface area contributed by atoms with Crippen molar-refractivity contribution in [1.29, 1.82) is 0 Å². The number of nitrogens with zero attached hydrogens (tertiary/aromatic N) is 1. The lowest BCUT2D eigenvalue weighted by atomic mass is 10.1.